The molecule has 2 heterocycles. The third kappa shape index (κ3) is 1.37. The molecule has 0 saturated carbocycles. The van der Waals surface area contributed by atoms with Gasteiger partial charge in [-0.25, -0.2) is 4.98 Å². The Balaban J connectivity index is 2.24. The second-order valence-corrected chi connectivity index (χ2v) is 3.41. The van der Waals surface area contributed by atoms with Gasteiger partial charge >= 0.3 is 0 Å². The van der Waals surface area contributed by atoms with E-state index in [0.717, 1.165) is 43.3 Å². The van der Waals surface area contributed by atoms with Gasteiger partial charge in [0.2, 0.25) is 0 Å². The number of likely N-dealkylation sites (N-methyl/N-ethyl adjacent to an activating group) is 1. The molecule has 12 heavy (non-hydrogen) atoms. The van der Waals surface area contributed by atoms with Crippen LogP contribution in [0.3, 0.4) is 0 Å². The maximum absolute atomic E-state index is 5.50. The van der Waals surface area contributed by atoms with Crippen LogP contribution in [0.5, 0.6) is 0 Å². The topological polar surface area (TPSA) is 29.3 Å². The van der Waals surface area contributed by atoms with Crippen molar-refractivity contribution in [1.82, 2.24) is 9.88 Å². The Hall–Kier alpha value is -0.830. The number of nitrogens with zero attached hydrogens (tertiary/aromatic N) is 2. The molecule has 0 N–H and O–H groups in total. The summed E-state index contributed by atoms with van der Waals surface area (Å²) in [4.78, 5) is 6.66. The van der Waals surface area contributed by atoms with E-state index in [2.05, 4.69) is 16.9 Å². The van der Waals surface area contributed by atoms with Gasteiger partial charge in [-0.1, -0.05) is 0 Å². The van der Waals surface area contributed by atoms with Gasteiger partial charge in [0.25, 0.3) is 0 Å². The van der Waals surface area contributed by atoms with Gasteiger partial charge < -0.3 is 9.32 Å². The number of oxazole rings is 1. The highest BCUT2D eigenvalue weighted by Crippen LogP contribution is 2.15. The van der Waals surface area contributed by atoms with Crippen molar-refractivity contribution in [2.45, 2.75) is 19.8 Å². The molecular formula is C9H14N2O. The fourth-order valence-electron chi connectivity index (χ4n) is 1.60. The summed E-state index contributed by atoms with van der Waals surface area (Å²) < 4.78 is 5.50. The van der Waals surface area contributed by atoms with E-state index in [0.29, 0.717) is 0 Å². The van der Waals surface area contributed by atoms with Crippen molar-refractivity contribution in [1.29, 1.82) is 0 Å². The summed E-state index contributed by atoms with van der Waals surface area (Å²) in [6, 6.07) is 0. The average molecular weight is 166 g/mol. The highest BCUT2D eigenvalue weighted by atomic mass is 16.4. The fraction of sp³-hybridized carbons (Fsp3) is 0.667. The van der Waals surface area contributed by atoms with Crippen molar-refractivity contribution >= 4 is 0 Å². The number of aryl methyl sites for hydroxylation is 1. The maximum atomic E-state index is 5.50. The largest absolute Gasteiger partial charge is 0.446 e. The molecule has 0 fully saturated rings. The summed E-state index contributed by atoms with van der Waals surface area (Å²) in [6.45, 7) is 4.10. The molecule has 3 heteroatoms. The summed E-state index contributed by atoms with van der Waals surface area (Å²) in [5.41, 5.74) is 1.16. The van der Waals surface area contributed by atoms with Crippen LogP contribution in [0.4, 0.5) is 0 Å². The number of hydrogen-bond donors (Lipinski definition) is 0. The predicted octanol–water partition coefficient (Wildman–Crippen LogP) is 1.01. The lowest BCUT2D eigenvalue weighted by molar-refractivity contribution is 0.341. The van der Waals surface area contributed by atoms with Gasteiger partial charge in [-0.2, -0.15) is 0 Å². The second-order valence-electron chi connectivity index (χ2n) is 3.41. The van der Waals surface area contributed by atoms with Crippen LogP contribution in [0.2, 0.25) is 0 Å². The van der Waals surface area contributed by atoms with Crippen LogP contribution in [0.25, 0.3) is 0 Å². The molecular weight excluding hydrogens is 152 g/mol. The average Bonchev–Trinajstić information content (AvgIpc) is 2.31. The Kier molecular flexibility index (Phi) is 1.89. The molecule has 66 valence electrons. The summed E-state index contributed by atoms with van der Waals surface area (Å²) in [6.07, 6.45) is 2.04. The standard InChI is InChI=1S/C9H14N2O/c1-7-10-8-3-5-11(2)6-4-9(8)12-7/h3-6H2,1-2H3. The minimum absolute atomic E-state index is 0.810. The van der Waals surface area contributed by atoms with Crippen LogP contribution in [0.15, 0.2) is 4.42 Å². The minimum atomic E-state index is 0.810. The van der Waals surface area contributed by atoms with E-state index < -0.39 is 0 Å². The van der Waals surface area contributed by atoms with Crippen LogP contribution in [0.1, 0.15) is 17.3 Å². The highest BCUT2D eigenvalue weighted by molar-refractivity contribution is 5.12. The molecule has 0 unspecified atom stereocenters. The van der Waals surface area contributed by atoms with E-state index in [1.54, 1.807) is 0 Å². The van der Waals surface area contributed by atoms with E-state index >= 15 is 0 Å². The van der Waals surface area contributed by atoms with Gasteiger partial charge in [-0.15, -0.1) is 0 Å². The van der Waals surface area contributed by atoms with Crippen molar-refractivity contribution in [2.24, 2.45) is 0 Å². The van der Waals surface area contributed by atoms with E-state index in [4.69, 9.17) is 4.42 Å². The lowest BCUT2D eigenvalue weighted by Crippen LogP contribution is -2.21. The molecule has 0 amide bonds. The summed E-state index contributed by atoms with van der Waals surface area (Å²) in [5, 5.41) is 0. The fourth-order valence-corrected chi connectivity index (χ4v) is 1.60. The predicted molar refractivity (Wildman–Crippen MR) is 46.1 cm³/mol. The number of fused-ring (bicyclic) bond motifs is 1. The third-order valence-electron chi connectivity index (χ3n) is 2.34. The van der Waals surface area contributed by atoms with Crippen molar-refractivity contribution in [3.63, 3.8) is 0 Å². The SMILES string of the molecule is Cc1nc2c(o1)CCN(C)CC2. The Bertz CT molecular complexity index is 255. The van der Waals surface area contributed by atoms with Gasteiger partial charge in [0.05, 0.1) is 5.69 Å². The summed E-state index contributed by atoms with van der Waals surface area (Å²) in [5.74, 6) is 1.90. The first-order valence-corrected chi connectivity index (χ1v) is 4.39. The molecule has 0 saturated heterocycles. The first-order chi connectivity index (χ1) is 5.75. The molecule has 1 aromatic heterocycles. The molecule has 3 nitrogen and oxygen atoms in total. The van der Waals surface area contributed by atoms with Crippen molar-refractivity contribution in [2.75, 3.05) is 20.1 Å². The molecule has 2 rings (SSSR count). The van der Waals surface area contributed by atoms with Crippen LogP contribution in [-0.2, 0) is 12.8 Å². The van der Waals surface area contributed by atoms with Gasteiger partial charge in [0, 0.05) is 32.9 Å². The highest BCUT2D eigenvalue weighted by Gasteiger charge is 2.15. The van der Waals surface area contributed by atoms with Crippen molar-refractivity contribution in [3.05, 3.63) is 17.3 Å². The van der Waals surface area contributed by atoms with E-state index in [-0.39, 0.29) is 0 Å². The molecule has 0 bridgehead atoms. The Morgan fingerprint density at radius 3 is 2.92 bits per heavy atom. The molecule has 1 aliphatic rings. The zero-order valence-corrected chi connectivity index (χ0v) is 7.63. The number of rotatable bonds is 0. The van der Waals surface area contributed by atoms with Crippen molar-refractivity contribution < 1.29 is 4.42 Å². The number of aromatic nitrogens is 1. The molecule has 0 spiro atoms. The third-order valence-corrected chi connectivity index (χ3v) is 2.34. The maximum Gasteiger partial charge on any atom is 0.191 e. The van der Waals surface area contributed by atoms with Gasteiger partial charge in [-0.3, -0.25) is 0 Å². The first-order valence-electron chi connectivity index (χ1n) is 4.39. The molecule has 0 aliphatic carbocycles. The zero-order valence-electron chi connectivity index (χ0n) is 7.63. The Morgan fingerprint density at radius 1 is 1.33 bits per heavy atom. The molecule has 0 atom stereocenters. The smallest absolute Gasteiger partial charge is 0.191 e. The van der Waals surface area contributed by atoms with Crippen molar-refractivity contribution in [3.8, 4) is 0 Å². The quantitative estimate of drug-likeness (QED) is 0.576. The van der Waals surface area contributed by atoms with E-state index in [9.17, 15) is 0 Å². The van der Waals surface area contributed by atoms with Gasteiger partial charge in [0.1, 0.15) is 5.76 Å². The molecule has 0 aromatic carbocycles. The Labute approximate surface area is 72.4 Å². The lowest BCUT2D eigenvalue weighted by atomic mass is 10.2. The molecule has 1 aromatic rings. The lowest BCUT2D eigenvalue weighted by Gasteiger charge is -2.10. The normalized spacial score (nSPS) is 18.8. The summed E-state index contributed by atoms with van der Waals surface area (Å²) in [7, 11) is 2.14. The second kappa shape index (κ2) is 2.90. The van der Waals surface area contributed by atoms with Crippen LogP contribution >= 0.6 is 0 Å². The van der Waals surface area contributed by atoms with Crippen LogP contribution in [0, 0.1) is 6.92 Å². The monoisotopic (exact) mass is 166 g/mol. The van der Waals surface area contributed by atoms with E-state index in [1.807, 2.05) is 6.92 Å². The van der Waals surface area contributed by atoms with Crippen LogP contribution < -0.4 is 0 Å². The minimum Gasteiger partial charge on any atom is -0.446 e. The number of hydrogen-bond acceptors (Lipinski definition) is 3. The molecule has 0 radical (unpaired) electrons. The van der Waals surface area contributed by atoms with Crippen LogP contribution in [-0.4, -0.2) is 30.0 Å². The Morgan fingerprint density at radius 2 is 2.08 bits per heavy atom. The van der Waals surface area contributed by atoms with Gasteiger partial charge in [0.15, 0.2) is 5.89 Å². The van der Waals surface area contributed by atoms with E-state index in [1.165, 1.54) is 0 Å². The van der Waals surface area contributed by atoms with Gasteiger partial charge in [-0.05, 0) is 7.05 Å². The first kappa shape index (κ1) is 7.80. The summed E-state index contributed by atoms with van der Waals surface area (Å²) >= 11 is 0. The zero-order chi connectivity index (χ0) is 8.55. The molecule has 1 aliphatic heterocycles.